The summed E-state index contributed by atoms with van der Waals surface area (Å²) in [4.78, 5) is 18.5. The molecule has 20 heavy (non-hydrogen) atoms. The topological polar surface area (TPSA) is 44.7 Å². The van der Waals surface area contributed by atoms with Crippen LogP contribution < -0.4 is 5.32 Å². The monoisotopic (exact) mass is 307 g/mol. The van der Waals surface area contributed by atoms with Gasteiger partial charge >= 0.3 is 0 Å². The molecule has 4 nitrogen and oxygen atoms in total. The van der Waals surface area contributed by atoms with Crippen molar-refractivity contribution in [2.75, 3.05) is 13.1 Å². The molecule has 1 aromatic rings. The maximum atomic E-state index is 12.0. The van der Waals surface area contributed by atoms with Gasteiger partial charge in [0.25, 0.3) is 0 Å². The predicted molar refractivity (Wildman–Crippen MR) is 82.6 cm³/mol. The summed E-state index contributed by atoms with van der Waals surface area (Å²) in [6, 6.07) is 7.53. The molecule has 2 heterocycles. The van der Waals surface area contributed by atoms with E-state index < -0.39 is 0 Å². The molecular formula is C14H14ClN3OS. The van der Waals surface area contributed by atoms with E-state index in [4.69, 9.17) is 11.6 Å². The Morgan fingerprint density at radius 2 is 2.30 bits per heavy atom. The van der Waals surface area contributed by atoms with Crippen LogP contribution in [-0.2, 0) is 11.3 Å². The largest absolute Gasteiger partial charge is 0.352 e. The number of halogens is 1. The fraction of sp³-hybridized carbons (Fsp3) is 0.286. The number of amides is 1. The van der Waals surface area contributed by atoms with Gasteiger partial charge in [0.15, 0.2) is 5.17 Å². The number of rotatable bonds is 4. The number of benzene rings is 1. The molecule has 1 aromatic carbocycles. The lowest BCUT2D eigenvalue weighted by Crippen LogP contribution is -2.28. The number of amidine groups is 1. The highest BCUT2D eigenvalue weighted by Gasteiger charge is 2.27. The summed E-state index contributed by atoms with van der Waals surface area (Å²) in [6.07, 6.45) is 0.385. The number of hydrogen-bond acceptors (Lipinski definition) is 4. The molecule has 104 valence electrons. The fourth-order valence-electron chi connectivity index (χ4n) is 2.18. The Morgan fingerprint density at radius 1 is 1.45 bits per heavy atom. The van der Waals surface area contributed by atoms with E-state index in [2.05, 4.69) is 15.2 Å². The van der Waals surface area contributed by atoms with Crippen molar-refractivity contribution in [3.05, 3.63) is 46.0 Å². The van der Waals surface area contributed by atoms with Crippen LogP contribution in [0.1, 0.15) is 12.0 Å². The van der Waals surface area contributed by atoms with Crippen molar-refractivity contribution in [2.24, 2.45) is 4.99 Å². The molecule has 0 aliphatic carbocycles. The zero-order chi connectivity index (χ0) is 13.9. The molecule has 0 radical (unpaired) electrons. The van der Waals surface area contributed by atoms with Crippen LogP contribution in [0.15, 0.2) is 40.4 Å². The van der Waals surface area contributed by atoms with Crippen LogP contribution in [-0.4, -0.2) is 29.1 Å². The zero-order valence-corrected chi connectivity index (χ0v) is 12.4. The fourth-order valence-corrected chi connectivity index (χ4v) is 3.33. The minimum atomic E-state index is 0.00456. The number of aliphatic imine (C=N–C) groups is 1. The van der Waals surface area contributed by atoms with Crippen molar-refractivity contribution in [2.45, 2.75) is 13.0 Å². The van der Waals surface area contributed by atoms with Gasteiger partial charge in [-0.25, -0.2) is 0 Å². The average Bonchev–Trinajstić information content (AvgIpc) is 3.03. The molecule has 0 spiro atoms. The summed E-state index contributed by atoms with van der Waals surface area (Å²) < 4.78 is 0. The molecule has 0 bridgehead atoms. The Bertz CT molecular complexity index is 600. The highest BCUT2D eigenvalue weighted by Crippen LogP contribution is 2.30. The van der Waals surface area contributed by atoms with E-state index in [1.165, 1.54) is 0 Å². The molecule has 2 aliphatic rings. The summed E-state index contributed by atoms with van der Waals surface area (Å²) in [5.74, 6) is 0.00456. The summed E-state index contributed by atoms with van der Waals surface area (Å²) in [7, 11) is 0. The molecule has 0 saturated carbocycles. The van der Waals surface area contributed by atoms with Crippen molar-refractivity contribution >= 4 is 34.4 Å². The summed E-state index contributed by atoms with van der Waals surface area (Å²) in [6.45, 7) is 2.16. The number of carbonyl (C=O) groups is 1. The van der Waals surface area contributed by atoms with Gasteiger partial charge in [-0.3, -0.25) is 9.79 Å². The predicted octanol–water partition coefficient (Wildman–Crippen LogP) is 2.61. The van der Waals surface area contributed by atoms with Gasteiger partial charge in [-0.1, -0.05) is 41.6 Å². The number of thioether (sulfide) groups is 1. The van der Waals surface area contributed by atoms with Gasteiger partial charge in [-0.15, -0.1) is 0 Å². The van der Waals surface area contributed by atoms with Gasteiger partial charge in [0.05, 0.1) is 13.0 Å². The van der Waals surface area contributed by atoms with E-state index in [0.717, 1.165) is 29.5 Å². The Kier molecular flexibility index (Phi) is 3.98. The smallest absolute Gasteiger partial charge is 0.226 e. The number of carbonyl (C=O) groups excluding carboxylic acids is 1. The Morgan fingerprint density at radius 3 is 3.15 bits per heavy atom. The van der Waals surface area contributed by atoms with E-state index in [1.54, 1.807) is 11.8 Å². The van der Waals surface area contributed by atoms with Gasteiger partial charge in [-0.05, 0) is 17.0 Å². The van der Waals surface area contributed by atoms with Crippen LogP contribution in [0.4, 0.5) is 0 Å². The lowest BCUT2D eigenvalue weighted by molar-refractivity contribution is -0.120. The third kappa shape index (κ3) is 2.83. The van der Waals surface area contributed by atoms with E-state index in [0.29, 0.717) is 18.0 Å². The summed E-state index contributed by atoms with van der Waals surface area (Å²) in [5.41, 5.74) is 1.96. The highest BCUT2D eigenvalue weighted by molar-refractivity contribution is 8.16. The Labute approximate surface area is 126 Å². The van der Waals surface area contributed by atoms with Gasteiger partial charge in [-0.2, -0.15) is 0 Å². The molecule has 0 unspecified atom stereocenters. The Hall–Kier alpha value is -1.46. The first kappa shape index (κ1) is 13.5. The van der Waals surface area contributed by atoms with E-state index in [9.17, 15) is 4.79 Å². The molecule has 0 saturated heterocycles. The SMILES string of the molecule is O=C(CC1=CSC2=NCCN12)NCc1ccccc1Cl. The first-order chi connectivity index (χ1) is 9.74. The minimum Gasteiger partial charge on any atom is -0.352 e. The number of fused-ring (bicyclic) bond motifs is 1. The molecule has 0 atom stereocenters. The van der Waals surface area contributed by atoms with E-state index >= 15 is 0 Å². The lowest BCUT2D eigenvalue weighted by atomic mass is 10.2. The number of nitrogens with one attached hydrogen (secondary N) is 1. The minimum absolute atomic E-state index is 0.00456. The van der Waals surface area contributed by atoms with Crippen LogP contribution >= 0.6 is 23.4 Å². The average molecular weight is 308 g/mol. The van der Waals surface area contributed by atoms with Crippen LogP contribution in [0.3, 0.4) is 0 Å². The standard InChI is InChI=1S/C14H14ClN3OS/c15-12-4-2-1-3-10(12)8-17-13(19)7-11-9-20-14-16-5-6-18(11)14/h1-4,9H,5-8H2,(H,17,19). The molecule has 6 heteroatoms. The quantitative estimate of drug-likeness (QED) is 0.930. The molecule has 3 rings (SSSR count). The third-order valence-electron chi connectivity index (χ3n) is 3.22. The summed E-state index contributed by atoms with van der Waals surface area (Å²) in [5, 5.41) is 6.60. The van der Waals surface area contributed by atoms with Crippen molar-refractivity contribution in [3.63, 3.8) is 0 Å². The molecular weight excluding hydrogens is 294 g/mol. The normalized spacial score (nSPS) is 16.8. The molecule has 1 amide bonds. The first-order valence-electron chi connectivity index (χ1n) is 6.42. The maximum absolute atomic E-state index is 12.0. The second-order valence-corrected chi connectivity index (χ2v) is 5.83. The lowest BCUT2D eigenvalue weighted by Gasteiger charge is -2.16. The van der Waals surface area contributed by atoms with Crippen LogP contribution in [0, 0.1) is 0 Å². The molecule has 0 aromatic heterocycles. The van der Waals surface area contributed by atoms with Crippen molar-refractivity contribution in [1.82, 2.24) is 10.2 Å². The first-order valence-corrected chi connectivity index (χ1v) is 7.67. The van der Waals surface area contributed by atoms with Crippen LogP contribution in [0.2, 0.25) is 5.02 Å². The number of hydrogen-bond donors (Lipinski definition) is 1. The molecule has 0 fully saturated rings. The van der Waals surface area contributed by atoms with Crippen molar-refractivity contribution in [3.8, 4) is 0 Å². The van der Waals surface area contributed by atoms with E-state index in [1.807, 2.05) is 29.7 Å². The third-order valence-corrected chi connectivity index (χ3v) is 4.54. The second kappa shape index (κ2) is 5.89. The van der Waals surface area contributed by atoms with E-state index in [-0.39, 0.29) is 5.91 Å². The Balaban J connectivity index is 1.53. The summed E-state index contributed by atoms with van der Waals surface area (Å²) >= 11 is 7.65. The van der Waals surface area contributed by atoms with Crippen molar-refractivity contribution < 1.29 is 4.79 Å². The highest BCUT2D eigenvalue weighted by atomic mass is 35.5. The molecule has 1 N–H and O–H groups in total. The molecule has 2 aliphatic heterocycles. The number of nitrogens with zero attached hydrogens (tertiary/aromatic N) is 2. The van der Waals surface area contributed by atoms with Crippen molar-refractivity contribution in [1.29, 1.82) is 0 Å². The van der Waals surface area contributed by atoms with Crippen LogP contribution in [0.5, 0.6) is 0 Å². The van der Waals surface area contributed by atoms with Gasteiger partial charge in [0.2, 0.25) is 5.91 Å². The maximum Gasteiger partial charge on any atom is 0.226 e. The zero-order valence-electron chi connectivity index (χ0n) is 10.8. The second-order valence-electron chi connectivity index (χ2n) is 4.59. The van der Waals surface area contributed by atoms with Gasteiger partial charge < -0.3 is 10.2 Å². The van der Waals surface area contributed by atoms with Gasteiger partial charge in [0.1, 0.15) is 0 Å². The van der Waals surface area contributed by atoms with Crippen LogP contribution in [0.25, 0.3) is 0 Å². The van der Waals surface area contributed by atoms with Gasteiger partial charge in [0, 0.05) is 23.8 Å².